The van der Waals surface area contributed by atoms with Gasteiger partial charge in [0.05, 0.1) is 18.3 Å². The highest BCUT2D eigenvalue weighted by Gasteiger charge is 2.08. The third kappa shape index (κ3) is 7.72. The highest BCUT2D eigenvalue weighted by molar-refractivity contribution is 5.91. The molecule has 0 radical (unpaired) electrons. The molecule has 0 amide bonds. The number of hydrogen-bond acceptors (Lipinski definition) is 6. The van der Waals surface area contributed by atoms with Gasteiger partial charge >= 0.3 is 0 Å². The number of nitrogens with zero attached hydrogens (tertiary/aromatic N) is 4. The summed E-state index contributed by atoms with van der Waals surface area (Å²) >= 11 is 0. The molecule has 2 heterocycles. The fourth-order valence-electron chi connectivity index (χ4n) is 3.50. The molecule has 34 heavy (non-hydrogen) atoms. The molecule has 1 aromatic carbocycles. The van der Waals surface area contributed by atoms with Crippen LogP contribution < -0.4 is 20.7 Å². The highest BCUT2D eigenvalue weighted by atomic mass is 16.5. The minimum absolute atomic E-state index is 0.644. The number of ether oxygens (including phenoxy) is 1. The lowest BCUT2D eigenvalue weighted by atomic mass is 10.2. The van der Waals surface area contributed by atoms with Crippen LogP contribution in [0.1, 0.15) is 44.1 Å². The average molecular weight is 462 g/mol. The summed E-state index contributed by atoms with van der Waals surface area (Å²) < 4.78 is 5.41. The summed E-state index contributed by atoms with van der Waals surface area (Å²) in [4.78, 5) is 18.0. The van der Waals surface area contributed by atoms with Crippen LogP contribution in [-0.4, -0.2) is 54.7 Å². The number of anilines is 1. The Morgan fingerprint density at radius 2 is 1.85 bits per heavy atom. The molecule has 8 heteroatoms. The van der Waals surface area contributed by atoms with Crippen molar-refractivity contribution in [2.24, 2.45) is 4.99 Å². The fraction of sp³-hybridized carbons (Fsp3) is 0.385. The van der Waals surface area contributed by atoms with Crippen LogP contribution in [0.5, 0.6) is 5.75 Å². The molecule has 3 N–H and O–H groups in total. The van der Waals surface area contributed by atoms with Crippen LogP contribution in [0.2, 0.25) is 0 Å². The molecule has 0 saturated carbocycles. The van der Waals surface area contributed by atoms with Crippen molar-refractivity contribution >= 4 is 34.8 Å². The Morgan fingerprint density at radius 3 is 2.59 bits per heavy atom. The molecule has 180 valence electrons. The first-order chi connectivity index (χ1) is 16.7. The number of pyridine rings is 1. The van der Waals surface area contributed by atoms with Gasteiger partial charge in [-0.2, -0.15) is 0 Å². The maximum Gasteiger partial charge on any atom is 0.190 e. The molecule has 0 aliphatic rings. The number of methoxy groups -OCH3 is 1. The summed E-state index contributed by atoms with van der Waals surface area (Å²) in [5.74, 6) is 3.12. The molecule has 8 nitrogen and oxygen atoms in total. The third-order valence-corrected chi connectivity index (χ3v) is 5.27. The van der Waals surface area contributed by atoms with Gasteiger partial charge in [-0.05, 0) is 62.2 Å². The van der Waals surface area contributed by atoms with Gasteiger partial charge in [-0.3, -0.25) is 9.98 Å². The van der Waals surface area contributed by atoms with Gasteiger partial charge < -0.3 is 20.7 Å². The van der Waals surface area contributed by atoms with Crippen LogP contribution in [-0.2, 0) is 0 Å². The minimum atomic E-state index is 0.644. The first-order valence-electron chi connectivity index (χ1n) is 11.9. The normalized spacial score (nSPS) is 11.7. The van der Waals surface area contributed by atoms with Gasteiger partial charge in [0.1, 0.15) is 11.6 Å². The highest BCUT2D eigenvalue weighted by Crippen LogP contribution is 2.25. The number of benzene rings is 1. The summed E-state index contributed by atoms with van der Waals surface area (Å²) in [6.07, 6.45) is 10.1. The van der Waals surface area contributed by atoms with Crippen LogP contribution in [0, 0.1) is 0 Å². The van der Waals surface area contributed by atoms with Crippen molar-refractivity contribution in [3.63, 3.8) is 0 Å². The predicted molar refractivity (Wildman–Crippen MR) is 141 cm³/mol. The summed E-state index contributed by atoms with van der Waals surface area (Å²) in [6, 6.07) is 11.7. The SMILES string of the molecule is CCNC(=NC)NCCCCCCNc1nc(C=Cc2ccccn2)nc2ccc(OC)cc12. The van der Waals surface area contributed by atoms with Gasteiger partial charge in [0.15, 0.2) is 11.8 Å². The van der Waals surface area contributed by atoms with Crippen LogP contribution in [0.3, 0.4) is 0 Å². The number of unbranched alkanes of at least 4 members (excludes halogenated alkanes) is 3. The topological polar surface area (TPSA) is 96.4 Å². The molecule has 0 unspecified atom stereocenters. The number of nitrogens with one attached hydrogen (secondary N) is 3. The number of fused-ring (bicyclic) bond motifs is 1. The summed E-state index contributed by atoms with van der Waals surface area (Å²) in [5.41, 5.74) is 1.74. The van der Waals surface area contributed by atoms with Gasteiger partial charge in [0.25, 0.3) is 0 Å². The van der Waals surface area contributed by atoms with Crippen molar-refractivity contribution in [3.8, 4) is 5.75 Å². The van der Waals surface area contributed by atoms with Crippen LogP contribution in [0.15, 0.2) is 47.6 Å². The molecule has 0 atom stereocenters. The Labute approximate surface area is 202 Å². The molecule has 0 spiro atoms. The smallest absolute Gasteiger partial charge is 0.190 e. The van der Waals surface area contributed by atoms with Gasteiger partial charge in [0, 0.05) is 38.3 Å². The average Bonchev–Trinajstić information content (AvgIpc) is 2.88. The Balaban J connectivity index is 1.57. The molecule has 3 rings (SSSR count). The van der Waals surface area contributed by atoms with Crippen LogP contribution >= 0.6 is 0 Å². The minimum Gasteiger partial charge on any atom is -0.497 e. The number of aromatic nitrogens is 3. The molecular weight excluding hydrogens is 426 g/mol. The largest absolute Gasteiger partial charge is 0.497 e. The van der Waals surface area contributed by atoms with E-state index >= 15 is 0 Å². The van der Waals surface area contributed by atoms with Gasteiger partial charge in [0.2, 0.25) is 0 Å². The lowest BCUT2D eigenvalue weighted by Gasteiger charge is -2.11. The second kappa shape index (κ2) is 13.8. The van der Waals surface area contributed by atoms with E-state index < -0.39 is 0 Å². The van der Waals surface area contributed by atoms with Crippen molar-refractivity contribution < 1.29 is 4.74 Å². The first kappa shape index (κ1) is 25.0. The summed E-state index contributed by atoms with van der Waals surface area (Å²) in [6.45, 7) is 4.71. The Kier molecular flexibility index (Phi) is 10.1. The van der Waals surface area contributed by atoms with Crippen molar-refractivity contribution in [1.29, 1.82) is 0 Å². The van der Waals surface area contributed by atoms with E-state index in [0.29, 0.717) is 5.82 Å². The van der Waals surface area contributed by atoms with E-state index in [4.69, 9.17) is 14.7 Å². The Hall–Kier alpha value is -3.68. The zero-order chi connectivity index (χ0) is 24.0. The van der Waals surface area contributed by atoms with E-state index in [2.05, 4.69) is 32.9 Å². The zero-order valence-corrected chi connectivity index (χ0v) is 20.3. The quantitative estimate of drug-likeness (QED) is 0.209. The van der Waals surface area contributed by atoms with E-state index in [1.54, 1.807) is 20.4 Å². The molecule has 0 aliphatic heterocycles. The van der Waals surface area contributed by atoms with E-state index in [0.717, 1.165) is 79.4 Å². The molecule has 2 aromatic heterocycles. The van der Waals surface area contributed by atoms with Crippen molar-refractivity contribution in [1.82, 2.24) is 25.6 Å². The van der Waals surface area contributed by atoms with Crippen LogP contribution in [0.4, 0.5) is 5.82 Å². The van der Waals surface area contributed by atoms with E-state index in [9.17, 15) is 0 Å². The monoisotopic (exact) mass is 461 g/mol. The lowest BCUT2D eigenvalue weighted by molar-refractivity contribution is 0.415. The number of hydrogen-bond donors (Lipinski definition) is 3. The Bertz CT molecular complexity index is 1080. The molecule has 0 bridgehead atoms. The summed E-state index contributed by atoms with van der Waals surface area (Å²) in [7, 11) is 3.46. The van der Waals surface area contributed by atoms with E-state index in [-0.39, 0.29) is 0 Å². The molecule has 0 aliphatic carbocycles. The first-order valence-corrected chi connectivity index (χ1v) is 11.9. The maximum absolute atomic E-state index is 5.41. The maximum atomic E-state index is 5.41. The predicted octanol–water partition coefficient (Wildman–Crippen LogP) is 4.36. The van der Waals surface area contributed by atoms with Gasteiger partial charge in [-0.15, -0.1) is 0 Å². The number of aliphatic imine (C=N–C) groups is 1. The molecule has 0 saturated heterocycles. The van der Waals surface area contributed by atoms with Crippen LogP contribution in [0.25, 0.3) is 23.1 Å². The third-order valence-electron chi connectivity index (χ3n) is 5.27. The van der Waals surface area contributed by atoms with Gasteiger partial charge in [-0.25, -0.2) is 9.97 Å². The molecular formula is C26H35N7O. The van der Waals surface area contributed by atoms with Crippen molar-refractivity contribution in [3.05, 3.63) is 54.1 Å². The summed E-state index contributed by atoms with van der Waals surface area (Å²) in [5, 5.41) is 11.0. The second-order valence-electron chi connectivity index (χ2n) is 7.77. The number of rotatable bonds is 12. The lowest BCUT2D eigenvalue weighted by Crippen LogP contribution is -2.37. The molecule has 0 fully saturated rings. The van der Waals surface area contributed by atoms with Crippen molar-refractivity contribution in [2.75, 3.05) is 39.1 Å². The van der Waals surface area contributed by atoms with Crippen molar-refractivity contribution in [2.45, 2.75) is 32.6 Å². The molecule has 3 aromatic rings. The van der Waals surface area contributed by atoms with Gasteiger partial charge in [-0.1, -0.05) is 18.9 Å². The fourth-order valence-corrected chi connectivity index (χ4v) is 3.50. The van der Waals surface area contributed by atoms with E-state index in [1.807, 2.05) is 48.6 Å². The zero-order valence-electron chi connectivity index (χ0n) is 20.3. The van der Waals surface area contributed by atoms with E-state index in [1.165, 1.54) is 0 Å². The second-order valence-corrected chi connectivity index (χ2v) is 7.77. The Morgan fingerprint density at radius 1 is 1.00 bits per heavy atom. The number of guanidine groups is 1. The standard InChI is InChI=1S/C26H35N7O/c1-4-28-26(27-2)31-18-9-6-5-8-17-30-25-22-19-21(34-3)13-14-23(22)32-24(33-25)15-12-20-11-7-10-16-29-20/h7,10-16,19H,4-6,8-9,17-18H2,1-3H3,(H2,27,28,31)(H,30,32,33).